The maximum Gasteiger partial charge on any atom is 0.0497 e. The predicted molar refractivity (Wildman–Crippen MR) is 119 cm³/mol. The minimum absolute atomic E-state index is 0.917. The zero-order valence-corrected chi connectivity index (χ0v) is 16.5. The second-order valence-corrected chi connectivity index (χ2v) is 8.05. The molecule has 2 nitrogen and oxygen atoms in total. The van der Waals surface area contributed by atoms with Crippen LogP contribution in [0, 0.1) is 0 Å². The highest BCUT2D eigenvalue weighted by Crippen LogP contribution is 2.32. The fourth-order valence-corrected chi connectivity index (χ4v) is 4.78. The quantitative estimate of drug-likeness (QED) is 0.427. The van der Waals surface area contributed by atoms with Crippen LogP contribution in [0.3, 0.4) is 0 Å². The Hall–Kier alpha value is -2.58. The van der Waals surface area contributed by atoms with E-state index in [2.05, 4.69) is 82.3 Å². The van der Waals surface area contributed by atoms with Gasteiger partial charge in [0.1, 0.15) is 0 Å². The maximum absolute atomic E-state index is 2.64. The lowest BCUT2D eigenvalue weighted by molar-refractivity contribution is 0.231. The first-order chi connectivity index (χ1) is 13.9. The molecule has 0 N–H and O–H groups in total. The summed E-state index contributed by atoms with van der Waals surface area (Å²) in [6.45, 7) is 4.63. The molecule has 5 rings (SSSR count). The van der Waals surface area contributed by atoms with Crippen LogP contribution in [-0.2, 0) is 13.0 Å². The summed E-state index contributed by atoms with van der Waals surface area (Å²) in [6.07, 6.45) is 5.26. The van der Waals surface area contributed by atoms with E-state index in [1.54, 1.807) is 0 Å². The summed E-state index contributed by atoms with van der Waals surface area (Å²) in [6, 6.07) is 26.6. The van der Waals surface area contributed by atoms with E-state index in [9.17, 15) is 0 Å². The van der Waals surface area contributed by atoms with Gasteiger partial charge in [-0.25, -0.2) is 0 Å². The van der Waals surface area contributed by atoms with Gasteiger partial charge in [0.15, 0.2) is 0 Å². The van der Waals surface area contributed by atoms with Crippen LogP contribution < -0.4 is 0 Å². The molecule has 1 saturated heterocycles. The van der Waals surface area contributed by atoms with Crippen LogP contribution in [0.2, 0.25) is 0 Å². The first kappa shape index (κ1) is 17.5. The molecule has 4 aromatic rings. The fourth-order valence-electron chi connectivity index (χ4n) is 4.78. The molecule has 2 heteroatoms. The van der Waals surface area contributed by atoms with Gasteiger partial charge in [0.2, 0.25) is 0 Å². The SMILES string of the molecule is c1ccc(Cn2c3ccccc3c3c(CCN4CCCCC4)cccc32)cc1. The highest BCUT2D eigenvalue weighted by atomic mass is 15.1. The number of hydrogen-bond donors (Lipinski definition) is 0. The summed E-state index contributed by atoms with van der Waals surface area (Å²) in [4.78, 5) is 2.64. The largest absolute Gasteiger partial charge is 0.336 e. The molecule has 0 unspecified atom stereocenters. The molecular weight excluding hydrogens is 340 g/mol. The number of piperidine rings is 1. The van der Waals surface area contributed by atoms with E-state index >= 15 is 0 Å². The normalized spacial score (nSPS) is 15.4. The second kappa shape index (κ2) is 7.81. The van der Waals surface area contributed by atoms with Crippen LogP contribution >= 0.6 is 0 Å². The van der Waals surface area contributed by atoms with Crippen LogP contribution in [0.5, 0.6) is 0 Å². The molecule has 0 amide bonds. The van der Waals surface area contributed by atoms with Crippen LogP contribution in [0.4, 0.5) is 0 Å². The van der Waals surface area contributed by atoms with Crippen molar-refractivity contribution in [1.29, 1.82) is 0 Å². The van der Waals surface area contributed by atoms with Crippen molar-refractivity contribution in [3.05, 3.63) is 83.9 Å². The number of fused-ring (bicyclic) bond motifs is 3. The Balaban J connectivity index is 1.56. The number of benzene rings is 3. The van der Waals surface area contributed by atoms with Crippen molar-refractivity contribution in [2.24, 2.45) is 0 Å². The molecule has 142 valence electrons. The zero-order chi connectivity index (χ0) is 18.8. The molecule has 1 fully saturated rings. The maximum atomic E-state index is 2.64. The summed E-state index contributed by atoms with van der Waals surface area (Å²) < 4.78 is 2.49. The molecular formula is C26H28N2. The van der Waals surface area contributed by atoms with Crippen molar-refractivity contribution in [1.82, 2.24) is 9.47 Å². The van der Waals surface area contributed by atoms with Crippen LogP contribution in [-0.4, -0.2) is 29.1 Å². The molecule has 1 aliphatic heterocycles. The number of hydrogen-bond acceptors (Lipinski definition) is 1. The van der Waals surface area contributed by atoms with Gasteiger partial charge in [0.25, 0.3) is 0 Å². The van der Waals surface area contributed by atoms with Gasteiger partial charge in [-0.1, -0.05) is 67.1 Å². The lowest BCUT2D eigenvalue weighted by Crippen LogP contribution is -2.31. The third-order valence-electron chi connectivity index (χ3n) is 6.21. The monoisotopic (exact) mass is 368 g/mol. The summed E-state index contributed by atoms with van der Waals surface area (Å²) in [7, 11) is 0. The third kappa shape index (κ3) is 3.33. The topological polar surface area (TPSA) is 8.17 Å². The number of likely N-dealkylation sites (tertiary alicyclic amines) is 1. The highest BCUT2D eigenvalue weighted by molar-refractivity contribution is 6.09. The Morgan fingerprint density at radius 1 is 0.679 bits per heavy atom. The van der Waals surface area contributed by atoms with Crippen molar-refractivity contribution in [3.63, 3.8) is 0 Å². The van der Waals surface area contributed by atoms with Crippen LogP contribution in [0.15, 0.2) is 72.8 Å². The molecule has 0 atom stereocenters. The van der Waals surface area contributed by atoms with Crippen molar-refractivity contribution in [3.8, 4) is 0 Å². The minimum atomic E-state index is 0.917. The molecule has 2 heterocycles. The van der Waals surface area contributed by atoms with Gasteiger partial charge in [-0.15, -0.1) is 0 Å². The number of aromatic nitrogens is 1. The van der Waals surface area contributed by atoms with Crippen molar-refractivity contribution in [2.45, 2.75) is 32.2 Å². The van der Waals surface area contributed by atoms with Crippen molar-refractivity contribution >= 4 is 21.8 Å². The van der Waals surface area contributed by atoms with E-state index in [0.717, 1.165) is 13.0 Å². The number of rotatable bonds is 5. The molecule has 0 bridgehead atoms. The Kier molecular flexibility index (Phi) is 4.88. The molecule has 28 heavy (non-hydrogen) atoms. The van der Waals surface area contributed by atoms with Crippen LogP contribution in [0.25, 0.3) is 21.8 Å². The summed E-state index contributed by atoms with van der Waals surface area (Å²) in [5.41, 5.74) is 5.54. The van der Waals surface area contributed by atoms with E-state index in [1.165, 1.54) is 71.8 Å². The number of nitrogens with zero attached hydrogens (tertiary/aromatic N) is 2. The third-order valence-corrected chi connectivity index (χ3v) is 6.21. The fraction of sp³-hybridized carbons (Fsp3) is 0.308. The lowest BCUT2D eigenvalue weighted by atomic mass is 10.0. The average Bonchev–Trinajstić information content (AvgIpc) is 3.08. The van der Waals surface area contributed by atoms with Gasteiger partial charge >= 0.3 is 0 Å². The minimum Gasteiger partial charge on any atom is -0.336 e. The summed E-state index contributed by atoms with van der Waals surface area (Å²) in [5.74, 6) is 0. The molecule has 1 aromatic heterocycles. The van der Waals surface area contributed by atoms with E-state index < -0.39 is 0 Å². The summed E-state index contributed by atoms with van der Waals surface area (Å²) >= 11 is 0. The molecule has 3 aromatic carbocycles. The van der Waals surface area contributed by atoms with Gasteiger partial charge in [0, 0.05) is 34.9 Å². The van der Waals surface area contributed by atoms with Gasteiger partial charge in [0.05, 0.1) is 0 Å². The molecule has 0 saturated carbocycles. The Bertz CT molecular complexity index is 1070. The smallest absolute Gasteiger partial charge is 0.0497 e. The van der Waals surface area contributed by atoms with E-state index in [4.69, 9.17) is 0 Å². The average molecular weight is 369 g/mol. The number of para-hydroxylation sites is 1. The Morgan fingerprint density at radius 3 is 2.29 bits per heavy atom. The standard InChI is InChI=1S/C26H28N2/c1-3-10-21(11-4-1)20-28-24-14-6-5-13-23(24)26-22(12-9-15-25(26)28)16-19-27-17-7-2-8-18-27/h1,3-6,9-15H,2,7-8,16-20H2. The molecule has 0 aliphatic carbocycles. The van der Waals surface area contributed by atoms with Gasteiger partial charge in [-0.05, 0) is 55.6 Å². The highest BCUT2D eigenvalue weighted by Gasteiger charge is 2.15. The Morgan fingerprint density at radius 2 is 1.43 bits per heavy atom. The first-order valence-electron chi connectivity index (χ1n) is 10.7. The van der Waals surface area contributed by atoms with Gasteiger partial charge in [-0.2, -0.15) is 0 Å². The Labute approximate surface area is 167 Å². The van der Waals surface area contributed by atoms with E-state index in [1.807, 2.05) is 0 Å². The lowest BCUT2D eigenvalue weighted by Gasteiger charge is -2.26. The van der Waals surface area contributed by atoms with Crippen molar-refractivity contribution in [2.75, 3.05) is 19.6 Å². The predicted octanol–water partition coefficient (Wildman–Crippen LogP) is 5.87. The van der Waals surface area contributed by atoms with E-state index in [-0.39, 0.29) is 0 Å². The zero-order valence-electron chi connectivity index (χ0n) is 16.5. The molecule has 0 spiro atoms. The van der Waals surface area contributed by atoms with E-state index in [0.29, 0.717) is 0 Å². The van der Waals surface area contributed by atoms with Gasteiger partial charge in [-0.3, -0.25) is 0 Å². The molecule has 0 radical (unpaired) electrons. The van der Waals surface area contributed by atoms with Gasteiger partial charge < -0.3 is 9.47 Å². The molecule has 1 aliphatic rings. The van der Waals surface area contributed by atoms with Crippen molar-refractivity contribution < 1.29 is 0 Å². The summed E-state index contributed by atoms with van der Waals surface area (Å²) in [5, 5.41) is 2.84. The first-order valence-corrected chi connectivity index (χ1v) is 10.7. The van der Waals surface area contributed by atoms with Crippen LogP contribution in [0.1, 0.15) is 30.4 Å². The second-order valence-electron chi connectivity index (χ2n) is 8.05.